The van der Waals surface area contributed by atoms with Gasteiger partial charge >= 0.3 is 0 Å². The molecule has 0 aliphatic heterocycles. The molecule has 3 N–H and O–H groups in total. The molecule has 4 rings (SSSR count). The minimum Gasteiger partial charge on any atom is -0.360 e. The Kier molecular flexibility index (Phi) is 5.11. The number of nitrogens with two attached hydrogens (primary N) is 1. The zero-order valence-corrected chi connectivity index (χ0v) is 15.3. The number of nitrogens with zero attached hydrogens (tertiary/aromatic N) is 1. The summed E-state index contributed by atoms with van der Waals surface area (Å²) >= 11 is 0. The Balaban J connectivity index is 1.30. The van der Waals surface area contributed by atoms with Gasteiger partial charge in [0.15, 0.2) is 5.78 Å². The molecular formula is C20H29N3O3. The number of hydrogen-bond acceptors (Lipinski definition) is 5. The number of hydrogen-bond donors (Lipinski definition) is 2. The average molecular weight is 359 g/mol. The van der Waals surface area contributed by atoms with Crippen molar-refractivity contribution in [1.82, 2.24) is 10.5 Å². The molecule has 3 aliphatic rings. The molecule has 3 aliphatic carbocycles. The van der Waals surface area contributed by atoms with Crippen LogP contribution in [0.25, 0.3) is 0 Å². The van der Waals surface area contributed by atoms with Crippen LogP contribution in [0.2, 0.25) is 0 Å². The van der Waals surface area contributed by atoms with Crippen molar-refractivity contribution in [3.63, 3.8) is 0 Å². The van der Waals surface area contributed by atoms with Gasteiger partial charge in [0.1, 0.15) is 11.5 Å². The maximum Gasteiger partial charge on any atom is 0.221 e. The summed E-state index contributed by atoms with van der Waals surface area (Å²) in [6, 6.07) is 2.15. The molecule has 0 radical (unpaired) electrons. The van der Waals surface area contributed by atoms with Gasteiger partial charge in [-0.05, 0) is 62.7 Å². The summed E-state index contributed by atoms with van der Waals surface area (Å²) < 4.78 is 5.33. The Morgan fingerprint density at radius 2 is 1.96 bits per heavy atom. The zero-order valence-electron chi connectivity index (χ0n) is 15.3. The molecule has 0 saturated heterocycles. The van der Waals surface area contributed by atoms with E-state index in [0.717, 1.165) is 50.7 Å². The summed E-state index contributed by atoms with van der Waals surface area (Å²) in [6.45, 7) is 0.403. The van der Waals surface area contributed by atoms with Crippen molar-refractivity contribution in [2.45, 2.75) is 69.7 Å². The molecule has 1 aromatic heterocycles. The normalized spacial score (nSPS) is 30.8. The van der Waals surface area contributed by atoms with E-state index in [2.05, 4.69) is 10.5 Å². The third-order valence-corrected chi connectivity index (χ3v) is 6.56. The van der Waals surface area contributed by atoms with Crippen molar-refractivity contribution in [3.8, 4) is 0 Å². The minimum atomic E-state index is 0.0748. The fraction of sp³-hybridized carbons (Fsp3) is 0.750. The van der Waals surface area contributed by atoms with Crippen molar-refractivity contribution in [3.05, 3.63) is 17.5 Å². The van der Waals surface area contributed by atoms with Gasteiger partial charge in [-0.1, -0.05) is 5.16 Å². The average Bonchev–Trinajstić information content (AvgIpc) is 3.36. The van der Waals surface area contributed by atoms with Crippen molar-refractivity contribution in [1.29, 1.82) is 0 Å². The molecule has 1 amide bonds. The standard InChI is InChI=1S/C20H29N3O3/c21-8-7-20(25)22-16-6-5-13-9-15(16)4-3-14(13)10-18(24)17-11-19(26-23-17)12-1-2-12/h11-16H,1-10,21H2,(H,22,25). The summed E-state index contributed by atoms with van der Waals surface area (Å²) in [6.07, 6.45) is 8.68. The highest BCUT2D eigenvalue weighted by Crippen LogP contribution is 2.45. The van der Waals surface area contributed by atoms with Gasteiger partial charge in [-0.25, -0.2) is 0 Å². The van der Waals surface area contributed by atoms with Gasteiger partial charge in [0.2, 0.25) is 5.91 Å². The van der Waals surface area contributed by atoms with Gasteiger partial charge in [0, 0.05) is 37.4 Å². The van der Waals surface area contributed by atoms with Crippen LogP contribution in [-0.4, -0.2) is 29.4 Å². The Hall–Kier alpha value is -1.69. The maximum atomic E-state index is 12.6. The lowest BCUT2D eigenvalue weighted by Gasteiger charge is -2.44. The number of carbonyl (C=O) groups excluding carboxylic acids is 2. The van der Waals surface area contributed by atoms with E-state index in [1.807, 2.05) is 6.07 Å². The number of ketones is 1. The lowest BCUT2D eigenvalue weighted by Crippen LogP contribution is -2.47. The Bertz CT molecular complexity index is 667. The molecule has 1 aromatic rings. The first-order chi connectivity index (χ1) is 12.6. The van der Waals surface area contributed by atoms with Crippen LogP contribution < -0.4 is 11.1 Å². The van der Waals surface area contributed by atoms with Crippen LogP contribution in [0.4, 0.5) is 0 Å². The highest BCUT2D eigenvalue weighted by Gasteiger charge is 2.40. The van der Waals surface area contributed by atoms with E-state index in [1.54, 1.807) is 0 Å². The molecule has 0 aromatic carbocycles. The predicted molar refractivity (Wildman–Crippen MR) is 96.6 cm³/mol. The molecule has 3 fully saturated rings. The molecule has 26 heavy (non-hydrogen) atoms. The monoisotopic (exact) mass is 359 g/mol. The molecule has 142 valence electrons. The molecule has 1 heterocycles. The Morgan fingerprint density at radius 3 is 2.73 bits per heavy atom. The van der Waals surface area contributed by atoms with Crippen LogP contribution in [0.15, 0.2) is 10.6 Å². The summed E-state index contributed by atoms with van der Waals surface area (Å²) in [5, 5.41) is 7.17. The molecule has 6 nitrogen and oxygen atoms in total. The fourth-order valence-corrected chi connectivity index (χ4v) is 4.90. The predicted octanol–water partition coefficient (Wildman–Crippen LogP) is 2.78. The van der Waals surface area contributed by atoms with Crippen molar-refractivity contribution in [2.75, 3.05) is 6.54 Å². The molecule has 0 spiro atoms. The molecule has 4 atom stereocenters. The van der Waals surface area contributed by atoms with Crippen LogP contribution >= 0.6 is 0 Å². The second-order valence-corrected chi connectivity index (χ2v) is 8.40. The first-order valence-electron chi connectivity index (χ1n) is 10.1. The third-order valence-electron chi connectivity index (χ3n) is 6.56. The van der Waals surface area contributed by atoms with Crippen LogP contribution in [-0.2, 0) is 4.79 Å². The summed E-state index contributed by atoms with van der Waals surface area (Å²) in [5.74, 6) is 3.16. The largest absolute Gasteiger partial charge is 0.360 e. The summed E-state index contributed by atoms with van der Waals surface area (Å²) in [4.78, 5) is 24.5. The molecule has 3 saturated carbocycles. The van der Waals surface area contributed by atoms with E-state index >= 15 is 0 Å². The van der Waals surface area contributed by atoms with E-state index in [0.29, 0.717) is 54.8 Å². The quantitative estimate of drug-likeness (QED) is 0.730. The summed E-state index contributed by atoms with van der Waals surface area (Å²) in [5.41, 5.74) is 5.98. The fourth-order valence-electron chi connectivity index (χ4n) is 4.90. The smallest absolute Gasteiger partial charge is 0.221 e. The third kappa shape index (κ3) is 3.85. The second-order valence-electron chi connectivity index (χ2n) is 8.40. The van der Waals surface area contributed by atoms with Crippen molar-refractivity contribution < 1.29 is 14.1 Å². The number of fused-ring (bicyclic) bond motifs is 2. The second kappa shape index (κ2) is 7.51. The number of aromatic nitrogens is 1. The van der Waals surface area contributed by atoms with E-state index in [1.165, 1.54) is 0 Å². The van der Waals surface area contributed by atoms with E-state index in [-0.39, 0.29) is 11.7 Å². The van der Waals surface area contributed by atoms with Crippen molar-refractivity contribution >= 4 is 11.7 Å². The maximum absolute atomic E-state index is 12.6. The summed E-state index contributed by atoms with van der Waals surface area (Å²) in [7, 11) is 0. The number of rotatable bonds is 7. The molecule has 6 heteroatoms. The molecule has 2 bridgehead atoms. The zero-order chi connectivity index (χ0) is 18.1. The lowest BCUT2D eigenvalue weighted by atomic mass is 9.64. The number of amides is 1. The molecular weight excluding hydrogens is 330 g/mol. The highest BCUT2D eigenvalue weighted by molar-refractivity contribution is 5.94. The SMILES string of the molecule is NCCC(=O)NC1CCC2CC1CCC2CC(=O)c1cc(C2CC2)on1. The first-order valence-corrected chi connectivity index (χ1v) is 10.1. The van der Waals surface area contributed by atoms with Crippen LogP contribution in [0.1, 0.15) is 80.0 Å². The van der Waals surface area contributed by atoms with Crippen LogP contribution in [0.3, 0.4) is 0 Å². The van der Waals surface area contributed by atoms with Gasteiger partial charge in [0.25, 0.3) is 0 Å². The number of Topliss-reactive ketones (excluding diaryl/α,β-unsaturated/α-hetero) is 1. The number of carbonyl (C=O) groups is 2. The Morgan fingerprint density at radius 1 is 1.15 bits per heavy atom. The highest BCUT2D eigenvalue weighted by atomic mass is 16.5. The molecule has 4 unspecified atom stereocenters. The Labute approximate surface area is 154 Å². The van der Waals surface area contributed by atoms with Gasteiger partial charge in [-0.15, -0.1) is 0 Å². The number of nitrogens with one attached hydrogen (secondary N) is 1. The first kappa shape index (κ1) is 17.7. The van der Waals surface area contributed by atoms with E-state index in [4.69, 9.17) is 10.3 Å². The van der Waals surface area contributed by atoms with Gasteiger partial charge in [-0.2, -0.15) is 0 Å². The van der Waals surface area contributed by atoms with E-state index < -0.39 is 0 Å². The topological polar surface area (TPSA) is 98.2 Å². The van der Waals surface area contributed by atoms with Gasteiger partial charge in [0.05, 0.1) is 0 Å². The van der Waals surface area contributed by atoms with Crippen LogP contribution in [0.5, 0.6) is 0 Å². The van der Waals surface area contributed by atoms with Crippen molar-refractivity contribution in [2.24, 2.45) is 23.5 Å². The minimum absolute atomic E-state index is 0.0748. The van der Waals surface area contributed by atoms with Gasteiger partial charge in [-0.3, -0.25) is 9.59 Å². The van der Waals surface area contributed by atoms with Gasteiger partial charge < -0.3 is 15.6 Å². The lowest BCUT2D eigenvalue weighted by molar-refractivity contribution is -0.122. The van der Waals surface area contributed by atoms with E-state index in [9.17, 15) is 9.59 Å². The van der Waals surface area contributed by atoms with Crippen LogP contribution in [0, 0.1) is 17.8 Å².